The number of amides is 1. The van der Waals surface area contributed by atoms with Gasteiger partial charge in [0.1, 0.15) is 6.29 Å². The molecule has 0 aliphatic carbocycles. The molecular weight excluding hydrogens is 318 g/mol. The summed E-state index contributed by atoms with van der Waals surface area (Å²) in [4.78, 5) is 37.1. The quantitative estimate of drug-likeness (QED) is 0.635. The van der Waals surface area contributed by atoms with Gasteiger partial charge < -0.3 is 9.64 Å². The van der Waals surface area contributed by atoms with Gasteiger partial charge in [-0.25, -0.2) is 4.79 Å². The van der Waals surface area contributed by atoms with Crippen LogP contribution < -0.4 is 0 Å². The van der Waals surface area contributed by atoms with Crippen LogP contribution in [-0.4, -0.2) is 35.7 Å². The molecule has 0 saturated heterocycles. The zero-order valence-corrected chi connectivity index (χ0v) is 14.0. The Morgan fingerprint density at radius 3 is 2.44 bits per heavy atom. The molecule has 1 heterocycles. The molecule has 3 rings (SSSR count). The Labute approximate surface area is 146 Å². The number of carbonyl (C=O) groups excluding carboxylic acids is 3. The summed E-state index contributed by atoms with van der Waals surface area (Å²) in [6.45, 7) is 2.73. The van der Waals surface area contributed by atoms with E-state index in [1.807, 2.05) is 18.2 Å². The third-order valence-corrected chi connectivity index (χ3v) is 4.36. The van der Waals surface area contributed by atoms with Crippen LogP contribution in [0.4, 0.5) is 0 Å². The average molecular weight is 337 g/mol. The van der Waals surface area contributed by atoms with E-state index in [1.165, 1.54) is 29.8 Å². The Morgan fingerprint density at radius 2 is 1.76 bits per heavy atom. The Bertz CT molecular complexity index is 798. The van der Waals surface area contributed by atoms with Crippen LogP contribution in [0.3, 0.4) is 0 Å². The van der Waals surface area contributed by atoms with Crippen LogP contribution in [0, 0.1) is 0 Å². The number of hydrogen-bond donors (Lipinski definition) is 0. The topological polar surface area (TPSA) is 63.7 Å². The summed E-state index contributed by atoms with van der Waals surface area (Å²) in [5.41, 5.74) is 3.18. The normalized spacial score (nSPS) is 14.4. The molecule has 2 aromatic carbocycles. The highest BCUT2D eigenvalue weighted by Crippen LogP contribution is 2.19. The second-order valence-corrected chi connectivity index (χ2v) is 6.07. The fraction of sp³-hybridized carbons (Fsp3) is 0.250. The molecule has 128 valence electrons. The number of rotatable bonds is 4. The van der Waals surface area contributed by atoms with Crippen molar-refractivity contribution in [2.24, 2.45) is 0 Å². The molecule has 1 amide bonds. The molecule has 5 heteroatoms. The summed E-state index contributed by atoms with van der Waals surface area (Å²) >= 11 is 0. The van der Waals surface area contributed by atoms with E-state index < -0.39 is 12.1 Å². The fourth-order valence-electron chi connectivity index (χ4n) is 2.92. The molecule has 1 aliphatic heterocycles. The van der Waals surface area contributed by atoms with Crippen LogP contribution in [-0.2, 0) is 22.5 Å². The highest BCUT2D eigenvalue weighted by Gasteiger charge is 2.27. The monoisotopic (exact) mass is 337 g/mol. The van der Waals surface area contributed by atoms with Crippen LogP contribution in [0.5, 0.6) is 0 Å². The number of esters is 1. The lowest BCUT2D eigenvalue weighted by Crippen LogP contribution is -2.42. The first-order valence-corrected chi connectivity index (χ1v) is 8.20. The number of carbonyl (C=O) groups is 3. The summed E-state index contributed by atoms with van der Waals surface area (Å²) in [6, 6.07) is 14.1. The zero-order chi connectivity index (χ0) is 17.8. The van der Waals surface area contributed by atoms with Crippen molar-refractivity contribution in [3.8, 4) is 0 Å². The summed E-state index contributed by atoms with van der Waals surface area (Å²) in [6.07, 6.45) is 0.647. The standard InChI is InChI=1S/C20H19NO4/c1-14(25-20(24)17-8-6-15(13-22)7-9-17)19(23)21-11-10-16-4-2-3-5-18(16)12-21/h2-9,13-14H,10-12H2,1H3/t14-/m1/s1. The van der Waals surface area contributed by atoms with E-state index in [0.29, 0.717) is 30.5 Å². The Balaban J connectivity index is 1.62. The van der Waals surface area contributed by atoms with E-state index in [9.17, 15) is 14.4 Å². The first kappa shape index (κ1) is 16.9. The van der Waals surface area contributed by atoms with E-state index in [-0.39, 0.29) is 5.91 Å². The summed E-state index contributed by atoms with van der Waals surface area (Å²) in [5.74, 6) is -0.775. The van der Waals surface area contributed by atoms with Gasteiger partial charge in [0.15, 0.2) is 6.10 Å². The number of hydrogen-bond acceptors (Lipinski definition) is 4. The molecule has 1 aliphatic rings. The minimum absolute atomic E-state index is 0.202. The molecule has 2 aromatic rings. The lowest BCUT2D eigenvalue weighted by atomic mass is 9.99. The molecule has 0 aromatic heterocycles. The smallest absolute Gasteiger partial charge is 0.338 e. The molecule has 0 radical (unpaired) electrons. The van der Waals surface area contributed by atoms with Crippen LogP contribution in [0.15, 0.2) is 48.5 Å². The minimum atomic E-state index is -0.858. The van der Waals surface area contributed by atoms with Crippen molar-refractivity contribution >= 4 is 18.2 Å². The average Bonchev–Trinajstić information content (AvgIpc) is 2.67. The highest BCUT2D eigenvalue weighted by molar-refractivity contribution is 5.93. The maximum Gasteiger partial charge on any atom is 0.338 e. The molecule has 1 atom stereocenters. The molecule has 0 saturated carbocycles. The van der Waals surface area contributed by atoms with E-state index in [1.54, 1.807) is 11.8 Å². The van der Waals surface area contributed by atoms with Crippen LogP contribution in [0.25, 0.3) is 0 Å². The fourth-order valence-corrected chi connectivity index (χ4v) is 2.92. The van der Waals surface area contributed by atoms with Gasteiger partial charge in [0.2, 0.25) is 0 Å². The third-order valence-electron chi connectivity index (χ3n) is 4.36. The Morgan fingerprint density at radius 1 is 1.08 bits per heavy atom. The van der Waals surface area contributed by atoms with E-state index in [0.717, 1.165) is 12.0 Å². The van der Waals surface area contributed by atoms with Crippen molar-refractivity contribution < 1.29 is 19.1 Å². The maximum absolute atomic E-state index is 12.6. The van der Waals surface area contributed by atoms with Gasteiger partial charge in [-0.3, -0.25) is 9.59 Å². The van der Waals surface area contributed by atoms with Crippen molar-refractivity contribution in [3.63, 3.8) is 0 Å². The highest BCUT2D eigenvalue weighted by atomic mass is 16.5. The molecule has 0 fully saturated rings. The van der Waals surface area contributed by atoms with Crippen LogP contribution in [0.2, 0.25) is 0 Å². The van der Waals surface area contributed by atoms with Gasteiger partial charge in [-0.15, -0.1) is 0 Å². The first-order valence-electron chi connectivity index (χ1n) is 8.20. The van der Waals surface area contributed by atoms with Gasteiger partial charge in [0.05, 0.1) is 5.56 Å². The molecule has 0 bridgehead atoms. The van der Waals surface area contributed by atoms with E-state index in [2.05, 4.69) is 6.07 Å². The van der Waals surface area contributed by atoms with Gasteiger partial charge in [-0.2, -0.15) is 0 Å². The molecule has 25 heavy (non-hydrogen) atoms. The minimum Gasteiger partial charge on any atom is -0.449 e. The predicted molar refractivity (Wildman–Crippen MR) is 92.3 cm³/mol. The number of fused-ring (bicyclic) bond motifs is 1. The van der Waals surface area contributed by atoms with Crippen LogP contribution in [0.1, 0.15) is 38.8 Å². The molecular formula is C20H19NO4. The maximum atomic E-state index is 12.6. The van der Waals surface area contributed by atoms with Gasteiger partial charge in [0.25, 0.3) is 5.91 Å². The third kappa shape index (κ3) is 3.76. The van der Waals surface area contributed by atoms with Crippen LogP contribution >= 0.6 is 0 Å². The largest absolute Gasteiger partial charge is 0.449 e. The summed E-state index contributed by atoms with van der Waals surface area (Å²) in [5, 5.41) is 0. The van der Waals surface area contributed by atoms with E-state index in [4.69, 9.17) is 4.74 Å². The summed E-state index contributed by atoms with van der Waals surface area (Å²) in [7, 11) is 0. The Kier molecular flexibility index (Phi) is 4.93. The van der Waals surface area contributed by atoms with Gasteiger partial charge >= 0.3 is 5.97 Å². The predicted octanol–water partition coefficient (Wildman–Crippen LogP) is 2.63. The second-order valence-electron chi connectivity index (χ2n) is 6.07. The lowest BCUT2D eigenvalue weighted by Gasteiger charge is -2.30. The van der Waals surface area contributed by atoms with E-state index >= 15 is 0 Å². The Hall–Kier alpha value is -2.95. The lowest BCUT2D eigenvalue weighted by molar-refractivity contribution is -0.140. The van der Waals surface area contributed by atoms with Crippen molar-refractivity contribution in [2.75, 3.05) is 6.54 Å². The van der Waals surface area contributed by atoms with Crippen molar-refractivity contribution in [3.05, 3.63) is 70.8 Å². The number of ether oxygens (including phenoxy) is 1. The van der Waals surface area contributed by atoms with Crippen molar-refractivity contribution in [1.29, 1.82) is 0 Å². The number of benzene rings is 2. The molecule has 0 spiro atoms. The van der Waals surface area contributed by atoms with Gasteiger partial charge in [-0.1, -0.05) is 36.4 Å². The molecule has 5 nitrogen and oxygen atoms in total. The zero-order valence-electron chi connectivity index (χ0n) is 14.0. The first-order chi connectivity index (χ1) is 12.1. The second kappa shape index (κ2) is 7.30. The number of nitrogens with zero attached hydrogens (tertiary/aromatic N) is 1. The molecule has 0 unspecified atom stereocenters. The van der Waals surface area contributed by atoms with Gasteiger partial charge in [0, 0.05) is 18.7 Å². The number of aldehydes is 1. The van der Waals surface area contributed by atoms with Crippen molar-refractivity contribution in [1.82, 2.24) is 4.90 Å². The van der Waals surface area contributed by atoms with Crippen molar-refractivity contribution in [2.45, 2.75) is 26.0 Å². The molecule has 0 N–H and O–H groups in total. The SMILES string of the molecule is C[C@@H](OC(=O)c1ccc(C=O)cc1)C(=O)N1CCc2ccccc2C1. The summed E-state index contributed by atoms with van der Waals surface area (Å²) < 4.78 is 5.29. The van der Waals surface area contributed by atoms with Gasteiger partial charge in [-0.05, 0) is 36.6 Å².